The van der Waals surface area contributed by atoms with Gasteiger partial charge < -0.3 is 15.0 Å². The Morgan fingerprint density at radius 3 is 2.54 bits per heavy atom. The van der Waals surface area contributed by atoms with Gasteiger partial charge >= 0.3 is 0 Å². The molecular weight excluding hydrogens is 328 g/mol. The number of carbonyl (C=O) groups excluding carboxylic acids is 2. The van der Waals surface area contributed by atoms with Gasteiger partial charge in [0.25, 0.3) is 5.91 Å². The summed E-state index contributed by atoms with van der Waals surface area (Å²) in [6.07, 6.45) is 0.274. The number of hydrogen-bond acceptors (Lipinski definition) is 3. The molecule has 0 radical (unpaired) electrons. The van der Waals surface area contributed by atoms with Crippen LogP contribution in [0.15, 0.2) is 42.5 Å². The van der Waals surface area contributed by atoms with Crippen LogP contribution >= 0.6 is 0 Å². The summed E-state index contributed by atoms with van der Waals surface area (Å²) >= 11 is 0. The van der Waals surface area contributed by atoms with Gasteiger partial charge in [-0.05, 0) is 54.8 Å². The smallest absolute Gasteiger partial charge is 0.253 e. The van der Waals surface area contributed by atoms with Crippen LogP contribution in [0.3, 0.4) is 0 Å². The highest BCUT2D eigenvalue weighted by Gasteiger charge is 2.20. The van der Waals surface area contributed by atoms with Gasteiger partial charge in [-0.15, -0.1) is 0 Å². The number of methoxy groups -OCH3 is 1. The van der Waals surface area contributed by atoms with Gasteiger partial charge in [-0.2, -0.15) is 0 Å². The second-order valence-electron chi connectivity index (χ2n) is 6.40. The van der Waals surface area contributed by atoms with Crippen LogP contribution in [0.2, 0.25) is 0 Å². The third kappa shape index (κ3) is 4.42. The van der Waals surface area contributed by atoms with Crippen molar-refractivity contribution in [2.75, 3.05) is 21.2 Å². The minimum atomic E-state index is -0.186. The van der Waals surface area contributed by atoms with E-state index < -0.39 is 0 Å². The molecule has 26 heavy (non-hydrogen) atoms. The van der Waals surface area contributed by atoms with Gasteiger partial charge in [0.2, 0.25) is 5.91 Å². The van der Waals surface area contributed by atoms with E-state index in [0.29, 0.717) is 5.56 Å². The summed E-state index contributed by atoms with van der Waals surface area (Å²) in [5.74, 6) is 0.621. The molecule has 0 bridgehead atoms. The van der Waals surface area contributed by atoms with Crippen LogP contribution in [0.1, 0.15) is 29.3 Å². The number of nitrogens with one attached hydrogen (secondary N) is 1. The first-order valence-electron chi connectivity index (χ1n) is 8.60. The fraction of sp³-hybridized carbons (Fsp3) is 0.333. The Hall–Kier alpha value is -2.82. The monoisotopic (exact) mass is 354 g/mol. The molecule has 1 N–H and O–H groups in total. The zero-order chi connectivity index (χ0) is 19.3. The van der Waals surface area contributed by atoms with Gasteiger partial charge in [-0.1, -0.05) is 18.2 Å². The Labute approximate surface area is 155 Å². The van der Waals surface area contributed by atoms with Gasteiger partial charge in [0.05, 0.1) is 7.11 Å². The molecule has 0 heterocycles. The average molecular weight is 354 g/mol. The molecule has 0 aliphatic rings. The number of hydrogen-bond donors (Lipinski definition) is 1. The van der Waals surface area contributed by atoms with Crippen molar-refractivity contribution < 1.29 is 14.3 Å². The summed E-state index contributed by atoms with van der Waals surface area (Å²) in [6.45, 7) is 3.88. The normalized spacial score (nSPS) is 11.6. The third-order valence-electron chi connectivity index (χ3n) is 4.60. The minimum absolute atomic E-state index is 0.0836. The Morgan fingerprint density at radius 2 is 1.92 bits per heavy atom. The first-order chi connectivity index (χ1) is 12.4. The second-order valence-corrected chi connectivity index (χ2v) is 6.40. The summed E-state index contributed by atoms with van der Waals surface area (Å²) in [4.78, 5) is 26.0. The highest BCUT2D eigenvalue weighted by Crippen LogP contribution is 2.27. The van der Waals surface area contributed by atoms with Crippen LogP contribution in [-0.2, 0) is 4.79 Å². The SMILES string of the molecule is CNC(=O)C[C@H](C)N(C)C(=O)c1cccc(-c2ccc(OC)cc2C)c1. The quantitative estimate of drug-likeness (QED) is 0.866. The van der Waals surface area contributed by atoms with Crippen molar-refractivity contribution in [2.24, 2.45) is 0 Å². The number of carbonyl (C=O) groups is 2. The van der Waals surface area contributed by atoms with Crippen molar-refractivity contribution in [1.29, 1.82) is 0 Å². The standard InChI is InChI=1S/C21H26N2O3/c1-14-11-18(26-5)9-10-19(14)16-7-6-8-17(13-16)21(25)23(4)15(2)12-20(24)22-3/h6-11,13,15H,12H2,1-5H3,(H,22,24)/t15-/m0/s1. The maximum absolute atomic E-state index is 12.8. The van der Waals surface area contributed by atoms with Crippen LogP contribution in [0.4, 0.5) is 0 Å². The zero-order valence-corrected chi connectivity index (χ0v) is 16.0. The number of amides is 2. The second kappa shape index (κ2) is 8.52. The lowest BCUT2D eigenvalue weighted by Crippen LogP contribution is -2.38. The largest absolute Gasteiger partial charge is 0.497 e. The van der Waals surface area contributed by atoms with E-state index in [1.807, 2.05) is 50.2 Å². The van der Waals surface area contributed by atoms with Crippen LogP contribution in [0.25, 0.3) is 11.1 Å². The van der Waals surface area contributed by atoms with Crippen LogP contribution < -0.4 is 10.1 Å². The van der Waals surface area contributed by atoms with Crippen molar-refractivity contribution in [3.63, 3.8) is 0 Å². The van der Waals surface area contributed by atoms with Crippen molar-refractivity contribution in [3.8, 4) is 16.9 Å². The predicted molar refractivity (Wildman–Crippen MR) is 103 cm³/mol. The van der Waals surface area contributed by atoms with Crippen LogP contribution in [0.5, 0.6) is 5.75 Å². The molecule has 1 atom stereocenters. The van der Waals surface area contributed by atoms with Crippen LogP contribution in [-0.4, -0.2) is 44.0 Å². The molecule has 0 aromatic heterocycles. The number of ether oxygens (including phenoxy) is 1. The van der Waals surface area contributed by atoms with Crippen molar-refractivity contribution in [3.05, 3.63) is 53.6 Å². The fourth-order valence-electron chi connectivity index (χ4n) is 2.82. The van der Waals surface area contributed by atoms with Gasteiger partial charge in [0.15, 0.2) is 0 Å². The molecule has 2 amide bonds. The van der Waals surface area contributed by atoms with E-state index in [9.17, 15) is 9.59 Å². The lowest BCUT2D eigenvalue weighted by Gasteiger charge is -2.24. The van der Waals surface area contributed by atoms with E-state index in [0.717, 1.165) is 22.4 Å². The van der Waals surface area contributed by atoms with Crippen molar-refractivity contribution in [1.82, 2.24) is 10.2 Å². The first-order valence-corrected chi connectivity index (χ1v) is 8.60. The number of benzene rings is 2. The predicted octanol–water partition coefficient (Wildman–Crippen LogP) is 3.27. The molecule has 138 valence electrons. The number of aryl methyl sites for hydroxylation is 1. The lowest BCUT2D eigenvalue weighted by atomic mass is 9.98. The van der Waals surface area contributed by atoms with E-state index in [1.165, 1.54) is 0 Å². The van der Waals surface area contributed by atoms with Crippen molar-refractivity contribution >= 4 is 11.8 Å². The van der Waals surface area contributed by atoms with E-state index in [1.54, 1.807) is 32.2 Å². The minimum Gasteiger partial charge on any atom is -0.497 e. The Balaban J connectivity index is 2.25. The molecule has 0 saturated carbocycles. The highest BCUT2D eigenvalue weighted by atomic mass is 16.5. The molecule has 0 unspecified atom stereocenters. The van der Waals surface area contributed by atoms with E-state index in [2.05, 4.69) is 5.32 Å². The molecular formula is C21H26N2O3. The molecule has 5 nitrogen and oxygen atoms in total. The molecule has 0 aliphatic carbocycles. The topological polar surface area (TPSA) is 58.6 Å². The van der Waals surface area contributed by atoms with Crippen molar-refractivity contribution in [2.45, 2.75) is 26.3 Å². The Kier molecular flexibility index (Phi) is 6.39. The third-order valence-corrected chi connectivity index (χ3v) is 4.60. The maximum atomic E-state index is 12.8. The molecule has 5 heteroatoms. The molecule has 2 rings (SSSR count). The molecule has 0 spiro atoms. The lowest BCUT2D eigenvalue weighted by molar-refractivity contribution is -0.121. The number of rotatable bonds is 6. The molecule has 0 saturated heterocycles. The van der Waals surface area contributed by atoms with Gasteiger partial charge in [0, 0.05) is 32.1 Å². The molecule has 2 aromatic carbocycles. The summed E-state index contributed by atoms with van der Waals surface area (Å²) < 4.78 is 5.25. The number of nitrogens with zero attached hydrogens (tertiary/aromatic N) is 1. The van der Waals surface area contributed by atoms with Gasteiger partial charge in [-0.3, -0.25) is 9.59 Å². The molecule has 2 aromatic rings. The summed E-state index contributed by atoms with van der Waals surface area (Å²) in [7, 11) is 4.96. The summed E-state index contributed by atoms with van der Waals surface area (Å²) in [5.41, 5.74) is 3.71. The average Bonchev–Trinajstić information content (AvgIpc) is 2.66. The van der Waals surface area contributed by atoms with E-state index in [-0.39, 0.29) is 24.3 Å². The highest BCUT2D eigenvalue weighted by molar-refractivity contribution is 5.96. The fourth-order valence-corrected chi connectivity index (χ4v) is 2.82. The van der Waals surface area contributed by atoms with E-state index >= 15 is 0 Å². The zero-order valence-electron chi connectivity index (χ0n) is 16.0. The Morgan fingerprint density at radius 1 is 1.19 bits per heavy atom. The maximum Gasteiger partial charge on any atom is 0.253 e. The summed E-state index contributed by atoms with van der Waals surface area (Å²) in [5, 5.41) is 2.59. The molecule has 0 aliphatic heterocycles. The van der Waals surface area contributed by atoms with Gasteiger partial charge in [-0.25, -0.2) is 0 Å². The summed E-state index contributed by atoms with van der Waals surface area (Å²) in [6, 6.07) is 13.2. The van der Waals surface area contributed by atoms with Crippen LogP contribution in [0, 0.1) is 6.92 Å². The van der Waals surface area contributed by atoms with Gasteiger partial charge in [0.1, 0.15) is 5.75 Å². The first kappa shape index (κ1) is 19.5. The molecule has 0 fully saturated rings. The van der Waals surface area contributed by atoms with E-state index in [4.69, 9.17) is 4.74 Å². The Bertz CT molecular complexity index is 802.